The van der Waals surface area contributed by atoms with Crippen molar-refractivity contribution in [2.45, 2.75) is 72.1 Å². The number of nitrogens with one attached hydrogen (secondary N) is 1. The SMILES string of the molecule is CCC[C@@H](CC(=O)O)n1c(=O)n(Cc2cn(C)c3cccc(C)c23)c2cc(NC(=O)OC(C)(C)C)ccc21. The number of hydrogen-bond donors (Lipinski definition) is 2. The highest BCUT2D eigenvalue weighted by atomic mass is 16.6. The summed E-state index contributed by atoms with van der Waals surface area (Å²) in [7, 11) is 1.98. The van der Waals surface area contributed by atoms with Crippen molar-refractivity contribution in [3.8, 4) is 0 Å². The molecule has 9 heteroatoms. The van der Waals surface area contributed by atoms with E-state index in [1.807, 2.05) is 49.9 Å². The molecule has 9 nitrogen and oxygen atoms in total. The van der Waals surface area contributed by atoms with E-state index in [4.69, 9.17) is 4.74 Å². The first-order valence-corrected chi connectivity index (χ1v) is 12.9. The Labute approximate surface area is 221 Å². The van der Waals surface area contributed by atoms with Crippen molar-refractivity contribution in [3.05, 3.63) is 64.2 Å². The molecule has 0 unspecified atom stereocenters. The van der Waals surface area contributed by atoms with Crippen LogP contribution in [0.3, 0.4) is 0 Å². The van der Waals surface area contributed by atoms with E-state index in [0.717, 1.165) is 28.5 Å². The fraction of sp³-hybridized carbons (Fsp3) is 0.414. The molecule has 2 heterocycles. The molecule has 2 aromatic carbocycles. The highest BCUT2D eigenvalue weighted by Gasteiger charge is 2.24. The van der Waals surface area contributed by atoms with Crippen molar-refractivity contribution in [1.29, 1.82) is 0 Å². The predicted molar refractivity (Wildman–Crippen MR) is 149 cm³/mol. The van der Waals surface area contributed by atoms with Gasteiger partial charge in [0.1, 0.15) is 5.60 Å². The van der Waals surface area contributed by atoms with Gasteiger partial charge in [0.05, 0.1) is 24.0 Å². The molecule has 4 rings (SSSR count). The van der Waals surface area contributed by atoms with Crippen LogP contribution in [0.25, 0.3) is 21.9 Å². The van der Waals surface area contributed by atoms with Gasteiger partial charge in [-0.05, 0) is 69.5 Å². The van der Waals surface area contributed by atoms with E-state index in [1.165, 1.54) is 0 Å². The Morgan fingerprint density at radius 3 is 2.50 bits per heavy atom. The molecule has 2 N–H and O–H groups in total. The number of aliphatic carboxylic acids is 1. The van der Waals surface area contributed by atoms with Crippen molar-refractivity contribution in [1.82, 2.24) is 13.7 Å². The molecule has 0 spiro atoms. The van der Waals surface area contributed by atoms with Crippen molar-refractivity contribution in [2.24, 2.45) is 7.05 Å². The van der Waals surface area contributed by atoms with Gasteiger partial charge in [0, 0.05) is 35.9 Å². The molecule has 0 fully saturated rings. The summed E-state index contributed by atoms with van der Waals surface area (Å²) < 4.78 is 10.7. The minimum absolute atomic E-state index is 0.155. The number of carbonyl (C=O) groups is 2. The summed E-state index contributed by atoms with van der Waals surface area (Å²) in [5.41, 5.74) is 3.95. The van der Waals surface area contributed by atoms with Crippen LogP contribution in [0.4, 0.5) is 10.5 Å². The van der Waals surface area contributed by atoms with Crippen LogP contribution >= 0.6 is 0 Å². The second kappa shape index (κ2) is 10.4. The average molecular weight is 521 g/mol. The molecule has 202 valence electrons. The van der Waals surface area contributed by atoms with Crippen LogP contribution in [0.1, 0.15) is 64.1 Å². The highest BCUT2D eigenvalue weighted by Crippen LogP contribution is 2.29. The summed E-state index contributed by atoms with van der Waals surface area (Å²) in [6, 6.07) is 10.8. The quantitative estimate of drug-likeness (QED) is 0.305. The van der Waals surface area contributed by atoms with E-state index in [2.05, 4.69) is 5.32 Å². The van der Waals surface area contributed by atoms with Gasteiger partial charge in [-0.25, -0.2) is 9.59 Å². The summed E-state index contributed by atoms with van der Waals surface area (Å²) in [6.45, 7) is 9.68. The summed E-state index contributed by atoms with van der Waals surface area (Å²) >= 11 is 0. The largest absolute Gasteiger partial charge is 0.481 e. The number of rotatable bonds is 8. The number of aromatic nitrogens is 3. The molecule has 38 heavy (non-hydrogen) atoms. The van der Waals surface area contributed by atoms with Gasteiger partial charge < -0.3 is 14.4 Å². The smallest absolute Gasteiger partial charge is 0.412 e. The standard InChI is InChI=1S/C29H36N4O5/c1-7-9-21(15-25(34)35)33-22-13-12-20(30-27(36)38-29(3,4)5)14-24(22)32(28(33)37)17-19-16-31(6)23-11-8-10-18(2)26(19)23/h8,10-14,16,21H,7,9,15,17H2,1-6H3,(H,30,36)(H,34,35)/t21-/m0/s1. The molecular weight excluding hydrogens is 484 g/mol. The topological polar surface area (TPSA) is 107 Å². The third kappa shape index (κ3) is 5.46. The van der Waals surface area contributed by atoms with Gasteiger partial charge in [-0.2, -0.15) is 0 Å². The highest BCUT2D eigenvalue weighted by molar-refractivity contribution is 5.90. The molecule has 0 saturated carbocycles. The summed E-state index contributed by atoms with van der Waals surface area (Å²) in [5.74, 6) is -0.954. The van der Waals surface area contributed by atoms with E-state index in [0.29, 0.717) is 29.7 Å². The number of nitrogens with zero attached hydrogens (tertiary/aromatic N) is 3. The zero-order valence-electron chi connectivity index (χ0n) is 22.9. The molecule has 1 amide bonds. The lowest BCUT2D eigenvalue weighted by atomic mass is 10.1. The fourth-order valence-corrected chi connectivity index (χ4v) is 5.16. The first kappa shape index (κ1) is 27.0. The number of benzene rings is 2. The Morgan fingerprint density at radius 1 is 1.11 bits per heavy atom. The number of fused-ring (bicyclic) bond motifs is 2. The zero-order valence-corrected chi connectivity index (χ0v) is 22.9. The second-order valence-electron chi connectivity index (χ2n) is 10.8. The van der Waals surface area contributed by atoms with E-state index in [1.54, 1.807) is 48.1 Å². The fourth-order valence-electron chi connectivity index (χ4n) is 5.16. The number of anilines is 1. The second-order valence-corrected chi connectivity index (χ2v) is 10.8. The molecule has 0 aliphatic carbocycles. The van der Waals surface area contributed by atoms with Crippen molar-refractivity contribution in [2.75, 3.05) is 5.32 Å². The van der Waals surface area contributed by atoms with Crippen molar-refractivity contribution >= 4 is 39.7 Å². The van der Waals surface area contributed by atoms with Gasteiger partial charge in [0.25, 0.3) is 0 Å². The lowest BCUT2D eigenvalue weighted by Crippen LogP contribution is -2.29. The van der Waals surface area contributed by atoms with Crippen LogP contribution in [0.5, 0.6) is 0 Å². The molecule has 1 atom stereocenters. The molecular formula is C29H36N4O5. The number of aryl methyl sites for hydroxylation is 2. The summed E-state index contributed by atoms with van der Waals surface area (Å²) in [6.07, 6.45) is 2.56. The summed E-state index contributed by atoms with van der Waals surface area (Å²) in [4.78, 5) is 38.1. The lowest BCUT2D eigenvalue weighted by Gasteiger charge is -2.19. The Bertz CT molecular complexity index is 1570. The number of carbonyl (C=O) groups excluding carboxylic acids is 1. The van der Waals surface area contributed by atoms with Gasteiger partial charge in [0.15, 0.2) is 0 Å². The first-order valence-electron chi connectivity index (χ1n) is 12.9. The van der Waals surface area contributed by atoms with Crippen LogP contribution in [-0.2, 0) is 23.1 Å². The van der Waals surface area contributed by atoms with Crippen LogP contribution in [0.2, 0.25) is 0 Å². The average Bonchev–Trinajstić information content (AvgIpc) is 3.26. The van der Waals surface area contributed by atoms with Crippen molar-refractivity contribution in [3.63, 3.8) is 0 Å². The number of hydrogen-bond acceptors (Lipinski definition) is 4. The Balaban J connectivity index is 1.88. The zero-order chi connectivity index (χ0) is 27.8. The normalized spacial score (nSPS) is 12.7. The van der Waals surface area contributed by atoms with Gasteiger partial charge in [-0.3, -0.25) is 19.2 Å². The maximum Gasteiger partial charge on any atom is 0.412 e. The lowest BCUT2D eigenvalue weighted by molar-refractivity contribution is -0.137. The molecule has 0 radical (unpaired) electrons. The van der Waals surface area contributed by atoms with Crippen LogP contribution < -0.4 is 11.0 Å². The van der Waals surface area contributed by atoms with E-state index < -0.39 is 23.7 Å². The monoisotopic (exact) mass is 520 g/mol. The molecule has 0 bridgehead atoms. The number of imidazole rings is 1. The Kier molecular flexibility index (Phi) is 7.40. The third-order valence-electron chi connectivity index (χ3n) is 6.64. The number of amides is 1. The van der Waals surface area contributed by atoms with Crippen LogP contribution in [0, 0.1) is 6.92 Å². The van der Waals surface area contributed by atoms with Crippen LogP contribution in [-0.4, -0.2) is 36.5 Å². The van der Waals surface area contributed by atoms with Gasteiger partial charge >= 0.3 is 17.8 Å². The Morgan fingerprint density at radius 2 is 1.84 bits per heavy atom. The number of carboxylic acid groups (broad SMARTS) is 1. The minimum atomic E-state index is -0.954. The van der Waals surface area contributed by atoms with Crippen LogP contribution in [0.15, 0.2) is 47.4 Å². The summed E-state index contributed by atoms with van der Waals surface area (Å²) in [5, 5.41) is 13.4. The first-order chi connectivity index (χ1) is 17.9. The maximum atomic E-state index is 14.0. The number of ether oxygens (including phenoxy) is 1. The molecule has 4 aromatic rings. The molecule has 0 saturated heterocycles. The molecule has 0 aliphatic heterocycles. The maximum absolute atomic E-state index is 14.0. The minimum Gasteiger partial charge on any atom is -0.481 e. The Hall–Kier alpha value is -4.01. The van der Waals surface area contributed by atoms with Gasteiger partial charge in [-0.1, -0.05) is 25.5 Å². The van der Waals surface area contributed by atoms with Gasteiger partial charge in [0.2, 0.25) is 0 Å². The van der Waals surface area contributed by atoms with E-state index in [9.17, 15) is 19.5 Å². The predicted octanol–water partition coefficient (Wildman–Crippen LogP) is 5.81. The van der Waals surface area contributed by atoms with E-state index in [-0.39, 0.29) is 12.1 Å². The van der Waals surface area contributed by atoms with Crippen molar-refractivity contribution < 1.29 is 19.4 Å². The molecule has 0 aliphatic rings. The van der Waals surface area contributed by atoms with Gasteiger partial charge in [-0.15, -0.1) is 0 Å². The molecule has 2 aromatic heterocycles. The number of carboxylic acids is 1. The van der Waals surface area contributed by atoms with E-state index >= 15 is 0 Å². The third-order valence-corrected chi connectivity index (χ3v) is 6.64.